The zero-order valence-corrected chi connectivity index (χ0v) is 24.9. The SMILES string of the molecule is CC(C)[Si]([C]1=CC=C[C]([Si](C(C)C)(C(C)C)C(C)C)=[Ge]1[Cl])(C(C)C)C(C)C. The van der Waals surface area contributed by atoms with E-state index < -0.39 is 29.1 Å². The van der Waals surface area contributed by atoms with Crippen LogP contribution in [0.4, 0.5) is 0 Å². The standard InChI is InChI=1S/C23H45ClGeSi2/c1-16(2)26(17(3)4,18(5)6)22-14-13-15-23(25(22)24)27(19(7)8,20(9)10)21(11)12/h13-21H,1-12H3. The molecular formula is C23H45ClGeSi2. The molecule has 27 heavy (non-hydrogen) atoms. The van der Waals surface area contributed by atoms with Crippen molar-refractivity contribution in [2.45, 2.75) is 116 Å². The van der Waals surface area contributed by atoms with Crippen LogP contribution in [0.1, 0.15) is 83.1 Å². The van der Waals surface area contributed by atoms with Gasteiger partial charge in [0.05, 0.1) is 0 Å². The van der Waals surface area contributed by atoms with Gasteiger partial charge >= 0.3 is 182 Å². The Hall–Kier alpha value is 0.617. The van der Waals surface area contributed by atoms with Crippen molar-refractivity contribution in [1.82, 2.24) is 0 Å². The van der Waals surface area contributed by atoms with E-state index in [0.717, 1.165) is 33.2 Å². The number of hydrogen-bond acceptors (Lipinski definition) is 0. The summed E-state index contributed by atoms with van der Waals surface area (Å²) in [6.45, 7) is 29.7. The van der Waals surface area contributed by atoms with E-state index in [0.29, 0.717) is 0 Å². The van der Waals surface area contributed by atoms with Gasteiger partial charge in [-0.05, 0) is 0 Å². The summed E-state index contributed by atoms with van der Waals surface area (Å²) in [4.78, 5) is 0. The summed E-state index contributed by atoms with van der Waals surface area (Å²) in [5.74, 6) is 0. The molecule has 0 fully saturated rings. The fraction of sp³-hybridized carbons (Fsp3) is 0.783. The average molecular weight is 486 g/mol. The molecule has 0 amide bonds. The van der Waals surface area contributed by atoms with Crippen LogP contribution in [0.3, 0.4) is 0 Å². The molecule has 0 atom stereocenters. The predicted octanol–water partition coefficient (Wildman–Crippen LogP) is 8.44. The Morgan fingerprint density at radius 2 is 0.963 bits per heavy atom. The molecule has 0 N–H and O–H groups in total. The molecule has 0 aromatic carbocycles. The summed E-state index contributed by atoms with van der Waals surface area (Å²) in [5.41, 5.74) is 4.45. The monoisotopic (exact) mass is 486 g/mol. The minimum atomic E-state index is -1.97. The van der Waals surface area contributed by atoms with Crippen LogP contribution in [0.5, 0.6) is 0 Å². The minimum absolute atomic E-state index is 0.742. The molecule has 0 aliphatic carbocycles. The molecule has 1 heterocycles. The molecule has 0 aromatic rings. The molecule has 0 spiro atoms. The van der Waals surface area contributed by atoms with E-state index >= 15 is 0 Å². The van der Waals surface area contributed by atoms with E-state index in [1.54, 1.807) is 8.00 Å². The molecule has 0 saturated carbocycles. The van der Waals surface area contributed by atoms with Crippen molar-refractivity contribution in [3.63, 3.8) is 0 Å². The maximum absolute atomic E-state index is 7.66. The third-order valence-electron chi connectivity index (χ3n) is 7.66. The van der Waals surface area contributed by atoms with Crippen molar-refractivity contribution < 1.29 is 0 Å². The Bertz CT molecular complexity index is 566. The van der Waals surface area contributed by atoms with Crippen molar-refractivity contribution in [1.29, 1.82) is 0 Å². The molecule has 0 unspecified atom stereocenters. The maximum atomic E-state index is 7.66. The third-order valence-corrected chi connectivity index (χ3v) is 35.8. The van der Waals surface area contributed by atoms with E-state index in [2.05, 4.69) is 101 Å². The van der Waals surface area contributed by atoms with E-state index in [-0.39, 0.29) is 0 Å². The summed E-state index contributed by atoms with van der Waals surface area (Å²) in [5, 5.41) is 0. The molecule has 156 valence electrons. The van der Waals surface area contributed by atoms with Gasteiger partial charge in [0.15, 0.2) is 0 Å². The summed E-state index contributed by atoms with van der Waals surface area (Å²) in [7, 11) is 4.34. The summed E-state index contributed by atoms with van der Waals surface area (Å²) in [6, 6.07) is 0. The van der Waals surface area contributed by atoms with Gasteiger partial charge in [0, 0.05) is 0 Å². The van der Waals surface area contributed by atoms with Gasteiger partial charge in [-0.1, -0.05) is 0 Å². The van der Waals surface area contributed by atoms with Crippen LogP contribution in [-0.2, 0) is 0 Å². The van der Waals surface area contributed by atoms with Crippen molar-refractivity contribution in [3.8, 4) is 0 Å². The molecule has 1 aliphatic heterocycles. The van der Waals surface area contributed by atoms with Crippen molar-refractivity contribution in [2.75, 3.05) is 0 Å². The molecule has 0 radical (unpaired) electrons. The zero-order chi connectivity index (χ0) is 21.3. The van der Waals surface area contributed by atoms with Crippen LogP contribution in [-0.4, -0.2) is 33.1 Å². The van der Waals surface area contributed by atoms with E-state index in [1.165, 1.54) is 0 Å². The van der Waals surface area contributed by atoms with Crippen LogP contribution in [0.25, 0.3) is 0 Å². The molecule has 0 nitrogen and oxygen atoms in total. The fourth-order valence-electron chi connectivity index (χ4n) is 7.07. The molecule has 0 aromatic heterocycles. The van der Waals surface area contributed by atoms with Crippen molar-refractivity contribution >= 4 is 43.1 Å². The molecule has 0 bridgehead atoms. The second-order valence-electron chi connectivity index (χ2n) is 10.5. The second-order valence-corrected chi connectivity index (χ2v) is 29.8. The summed E-state index contributed by atoms with van der Waals surface area (Å²) >= 11 is -1.97. The Morgan fingerprint density at radius 1 is 0.630 bits per heavy atom. The Kier molecular flexibility index (Phi) is 9.14. The molecule has 4 heteroatoms. The molecule has 1 aliphatic rings. The quantitative estimate of drug-likeness (QED) is 0.303. The Labute approximate surface area is 181 Å². The molecule has 0 saturated heterocycles. The van der Waals surface area contributed by atoms with Crippen molar-refractivity contribution in [3.05, 3.63) is 22.3 Å². The van der Waals surface area contributed by atoms with E-state index in [4.69, 9.17) is 10.0 Å². The van der Waals surface area contributed by atoms with Crippen molar-refractivity contribution in [2.24, 2.45) is 0 Å². The number of rotatable bonds is 8. The zero-order valence-electron chi connectivity index (χ0n) is 20.1. The van der Waals surface area contributed by atoms with Gasteiger partial charge in [0.1, 0.15) is 0 Å². The van der Waals surface area contributed by atoms with Crippen LogP contribution in [0, 0.1) is 0 Å². The van der Waals surface area contributed by atoms with Crippen LogP contribution >= 0.6 is 10.0 Å². The first-order valence-electron chi connectivity index (χ1n) is 11.1. The van der Waals surface area contributed by atoms with Crippen LogP contribution in [0.2, 0.25) is 33.2 Å². The molecular weight excluding hydrogens is 440 g/mol. The van der Waals surface area contributed by atoms with Gasteiger partial charge in [-0.15, -0.1) is 0 Å². The third kappa shape index (κ3) is 4.11. The topological polar surface area (TPSA) is 0 Å². The predicted molar refractivity (Wildman–Crippen MR) is 136 cm³/mol. The Morgan fingerprint density at radius 3 is 1.26 bits per heavy atom. The first kappa shape index (κ1) is 25.7. The molecule has 1 rings (SSSR count). The van der Waals surface area contributed by atoms with Gasteiger partial charge in [0.25, 0.3) is 0 Å². The number of halogens is 1. The van der Waals surface area contributed by atoms with Gasteiger partial charge in [-0.3, -0.25) is 0 Å². The first-order chi connectivity index (χ1) is 12.3. The summed E-state index contributed by atoms with van der Waals surface area (Å²) in [6.07, 6.45) is 7.39. The second kappa shape index (κ2) is 9.62. The van der Waals surface area contributed by atoms with E-state index in [9.17, 15) is 0 Å². The Balaban J connectivity index is 3.86. The average Bonchev–Trinajstić information content (AvgIpc) is 2.49. The van der Waals surface area contributed by atoms with Crippen LogP contribution < -0.4 is 0 Å². The number of allylic oxidation sites excluding steroid dienone is 3. The first-order valence-corrected chi connectivity index (χ1v) is 20.4. The number of hydrogen-bond donors (Lipinski definition) is 0. The summed E-state index contributed by atoms with van der Waals surface area (Å²) < 4.78 is 3.56. The van der Waals surface area contributed by atoms with Gasteiger partial charge in [-0.2, -0.15) is 0 Å². The van der Waals surface area contributed by atoms with Gasteiger partial charge in [0.2, 0.25) is 0 Å². The van der Waals surface area contributed by atoms with E-state index in [1.807, 2.05) is 0 Å². The van der Waals surface area contributed by atoms with Gasteiger partial charge < -0.3 is 0 Å². The van der Waals surface area contributed by atoms with Gasteiger partial charge in [-0.25, -0.2) is 0 Å². The fourth-order valence-corrected chi connectivity index (χ4v) is 45.4. The van der Waals surface area contributed by atoms with Crippen LogP contribution in [0.15, 0.2) is 22.3 Å². The normalized spacial score (nSPS) is 16.8.